The second kappa shape index (κ2) is 8.84. The number of fused-ring (bicyclic) bond motifs is 1. The zero-order chi connectivity index (χ0) is 20.9. The van der Waals surface area contributed by atoms with Gasteiger partial charge in [-0.3, -0.25) is 0 Å². The van der Waals surface area contributed by atoms with Gasteiger partial charge < -0.3 is 20.2 Å². The monoisotopic (exact) mass is 400 g/mol. The Morgan fingerprint density at radius 3 is 2.63 bits per heavy atom. The minimum Gasteiger partial charge on any atom is -0.497 e. The first kappa shape index (κ1) is 19.7. The van der Waals surface area contributed by atoms with E-state index < -0.39 is 0 Å². The molecule has 0 aliphatic rings. The molecule has 0 aliphatic carbocycles. The molecule has 0 fully saturated rings. The minimum absolute atomic E-state index is 0.0169. The fourth-order valence-corrected chi connectivity index (χ4v) is 3.45. The van der Waals surface area contributed by atoms with E-state index in [0.717, 1.165) is 23.1 Å². The molecule has 4 aromatic rings. The first-order valence-electron chi connectivity index (χ1n) is 9.88. The predicted octanol–water partition coefficient (Wildman–Crippen LogP) is 4.45. The zero-order valence-corrected chi connectivity index (χ0v) is 16.8. The summed E-state index contributed by atoms with van der Waals surface area (Å²) in [4.78, 5) is 12.6. The van der Waals surface area contributed by atoms with Crippen molar-refractivity contribution >= 4 is 16.7 Å². The number of nitrogens with two attached hydrogens (primary N) is 1. The van der Waals surface area contributed by atoms with Gasteiger partial charge in [-0.1, -0.05) is 42.5 Å². The standard InChI is InChI=1S/C25H24N2O3/c1-29-22-11-10-19-14-23(25(28)30-24(19)15-22)18-8-5-9-21(13-18)27-16-20(26)12-17-6-3-2-4-7-17/h2-11,13-15,20,27H,12,16,26H2,1H3/t20-/m0/s1. The van der Waals surface area contributed by atoms with Crippen LogP contribution >= 0.6 is 0 Å². The normalized spacial score (nSPS) is 11.9. The van der Waals surface area contributed by atoms with Crippen LogP contribution in [0.1, 0.15) is 5.56 Å². The summed E-state index contributed by atoms with van der Waals surface area (Å²) in [5, 5.41) is 4.21. The Kier molecular flexibility index (Phi) is 5.82. The number of rotatable bonds is 7. The van der Waals surface area contributed by atoms with Crippen LogP contribution in [0.4, 0.5) is 5.69 Å². The molecule has 5 nitrogen and oxygen atoms in total. The molecule has 0 aliphatic heterocycles. The van der Waals surface area contributed by atoms with Crippen LogP contribution in [0.3, 0.4) is 0 Å². The van der Waals surface area contributed by atoms with Crippen molar-refractivity contribution in [1.82, 2.24) is 0 Å². The van der Waals surface area contributed by atoms with E-state index in [4.69, 9.17) is 14.9 Å². The Balaban J connectivity index is 1.51. The summed E-state index contributed by atoms with van der Waals surface area (Å²) >= 11 is 0. The highest BCUT2D eigenvalue weighted by Gasteiger charge is 2.10. The molecule has 5 heteroatoms. The number of hydrogen-bond acceptors (Lipinski definition) is 5. The van der Waals surface area contributed by atoms with Crippen molar-refractivity contribution in [2.45, 2.75) is 12.5 Å². The van der Waals surface area contributed by atoms with Crippen molar-refractivity contribution in [2.75, 3.05) is 19.0 Å². The van der Waals surface area contributed by atoms with E-state index in [1.807, 2.05) is 60.7 Å². The third kappa shape index (κ3) is 4.53. The average Bonchev–Trinajstić information content (AvgIpc) is 2.77. The maximum absolute atomic E-state index is 12.6. The first-order chi connectivity index (χ1) is 14.6. The maximum atomic E-state index is 12.6. The molecular formula is C25H24N2O3. The van der Waals surface area contributed by atoms with E-state index >= 15 is 0 Å². The van der Waals surface area contributed by atoms with Crippen LogP contribution in [0, 0.1) is 0 Å². The van der Waals surface area contributed by atoms with Crippen molar-refractivity contribution in [2.24, 2.45) is 5.73 Å². The molecule has 30 heavy (non-hydrogen) atoms. The highest BCUT2D eigenvalue weighted by Crippen LogP contribution is 2.25. The number of benzene rings is 3. The quantitative estimate of drug-likeness (QED) is 0.448. The molecule has 0 spiro atoms. The van der Waals surface area contributed by atoms with Crippen LogP contribution in [-0.4, -0.2) is 19.7 Å². The lowest BCUT2D eigenvalue weighted by Gasteiger charge is -2.14. The van der Waals surface area contributed by atoms with Crippen molar-refractivity contribution in [3.8, 4) is 16.9 Å². The number of anilines is 1. The SMILES string of the molecule is COc1ccc2cc(-c3cccc(NC[C@@H](N)Cc4ccccc4)c3)c(=O)oc2c1. The molecule has 4 rings (SSSR count). The van der Waals surface area contributed by atoms with E-state index in [1.54, 1.807) is 13.2 Å². The molecule has 0 saturated carbocycles. The fraction of sp³-hybridized carbons (Fsp3) is 0.160. The molecule has 1 heterocycles. The van der Waals surface area contributed by atoms with Crippen LogP contribution in [0.25, 0.3) is 22.1 Å². The van der Waals surface area contributed by atoms with Crippen LogP contribution in [0.15, 0.2) is 88.1 Å². The molecule has 0 saturated heterocycles. The summed E-state index contributed by atoms with van der Waals surface area (Å²) in [7, 11) is 1.58. The van der Waals surface area contributed by atoms with Gasteiger partial charge in [0, 0.05) is 29.7 Å². The van der Waals surface area contributed by atoms with Gasteiger partial charge in [-0.15, -0.1) is 0 Å². The lowest BCUT2D eigenvalue weighted by atomic mass is 10.0. The highest BCUT2D eigenvalue weighted by molar-refractivity contribution is 5.83. The van der Waals surface area contributed by atoms with Gasteiger partial charge in [0.05, 0.1) is 12.7 Å². The molecule has 152 valence electrons. The van der Waals surface area contributed by atoms with Crippen molar-refractivity contribution in [3.05, 3.63) is 94.8 Å². The number of hydrogen-bond donors (Lipinski definition) is 2. The van der Waals surface area contributed by atoms with E-state index in [9.17, 15) is 4.79 Å². The van der Waals surface area contributed by atoms with Gasteiger partial charge in [-0.25, -0.2) is 4.79 Å². The largest absolute Gasteiger partial charge is 0.497 e. The molecule has 3 N–H and O–H groups in total. The summed E-state index contributed by atoms with van der Waals surface area (Å²) in [6.07, 6.45) is 0.797. The van der Waals surface area contributed by atoms with Gasteiger partial charge in [-0.2, -0.15) is 0 Å². The Morgan fingerprint density at radius 1 is 1.00 bits per heavy atom. The number of ether oxygens (including phenoxy) is 1. The van der Waals surface area contributed by atoms with E-state index in [2.05, 4.69) is 17.4 Å². The topological polar surface area (TPSA) is 77.5 Å². The fourth-order valence-electron chi connectivity index (χ4n) is 3.45. The minimum atomic E-state index is -0.381. The van der Waals surface area contributed by atoms with Crippen molar-refractivity contribution in [3.63, 3.8) is 0 Å². The van der Waals surface area contributed by atoms with Crippen molar-refractivity contribution < 1.29 is 9.15 Å². The number of methoxy groups -OCH3 is 1. The smallest absolute Gasteiger partial charge is 0.344 e. The van der Waals surface area contributed by atoms with Crippen LogP contribution in [0.2, 0.25) is 0 Å². The van der Waals surface area contributed by atoms with E-state index in [-0.39, 0.29) is 11.7 Å². The Labute approximate surface area is 175 Å². The van der Waals surface area contributed by atoms with Gasteiger partial charge in [0.1, 0.15) is 11.3 Å². The van der Waals surface area contributed by atoms with Gasteiger partial charge in [0.25, 0.3) is 0 Å². The average molecular weight is 400 g/mol. The first-order valence-corrected chi connectivity index (χ1v) is 9.88. The lowest BCUT2D eigenvalue weighted by Crippen LogP contribution is -2.31. The summed E-state index contributed by atoms with van der Waals surface area (Å²) in [5.41, 5.74) is 9.83. The Bertz CT molecular complexity index is 1200. The lowest BCUT2D eigenvalue weighted by molar-refractivity contribution is 0.414. The van der Waals surface area contributed by atoms with Gasteiger partial charge in [-0.05, 0) is 47.9 Å². The molecule has 0 unspecified atom stereocenters. The molecule has 1 atom stereocenters. The Morgan fingerprint density at radius 2 is 1.83 bits per heavy atom. The Hall–Kier alpha value is -3.57. The van der Waals surface area contributed by atoms with E-state index in [1.165, 1.54) is 5.56 Å². The maximum Gasteiger partial charge on any atom is 0.344 e. The second-order valence-electron chi connectivity index (χ2n) is 7.26. The number of nitrogens with one attached hydrogen (secondary N) is 1. The molecule has 0 bridgehead atoms. The third-order valence-corrected chi connectivity index (χ3v) is 5.03. The molecule has 0 amide bonds. The van der Waals surface area contributed by atoms with Crippen LogP contribution < -0.4 is 21.4 Å². The summed E-state index contributed by atoms with van der Waals surface area (Å²) in [6.45, 7) is 0.629. The third-order valence-electron chi connectivity index (χ3n) is 5.03. The molecule has 1 aromatic heterocycles. The molecular weight excluding hydrogens is 376 g/mol. The summed E-state index contributed by atoms with van der Waals surface area (Å²) in [6, 6.07) is 25.2. The summed E-state index contributed by atoms with van der Waals surface area (Å²) in [5.74, 6) is 0.649. The molecule has 0 radical (unpaired) electrons. The zero-order valence-electron chi connectivity index (χ0n) is 16.8. The van der Waals surface area contributed by atoms with Crippen molar-refractivity contribution in [1.29, 1.82) is 0 Å². The predicted molar refractivity (Wildman–Crippen MR) is 121 cm³/mol. The highest BCUT2D eigenvalue weighted by atomic mass is 16.5. The summed E-state index contributed by atoms with van der Waals surface area (Å²) < 4.78 is 10.7. The van der Waals surface area contributed by atoms with Gasteiger partial charge >= 0.3 is 5.63 Å². The van der Waals surface area contributed by atoms with Gasteiger partial charge in [0.2, 0.25) is 0 Å². The molecule has 3 aromatic carbocycles. The van der Waals surface area contributed by atoms with Crippen LogP contribution in [0.5, 0.6) is 5.75 Å². The van der Waals surface area contributed by atoms with E-state index in [0.29, 0.717) is 23.4 Å². The van der Waals surface area contributed by atoms with Crippen LogP contribution in [-0.2, 0) is 6.42 Å². The van der Waals surface area contributed by atoms with Gasteiger partial charge in [0.15, 0.2) is 0 Å². The second-order valence-corrected chi connectivity index (χ2v) is 7.26.